The number of likely N-dealkylation sites (tertiary alicyclic amines) is 1. The number of nitrogens with one attached hydrogen (secondary N) is 1. The van der Waals surface area contributed by atoms with E-state index in [2.05, 4.69) is 55.4 Å². The third-order valence-corrected chi connectivity index (χ3v) is 4.37. The molecule has 1 N–H and O–H groups in total. The van der Waals surface area contributed by atoms with E-state index in [0.717, 1.165) is 32.4 Å². The summed E-state index contributed by atoms with van der Waals surface area (Å²) in [5.41, 5.74) is 2.60. The van der Waals surface area contributed by atoms with Crippen molar-refractivity contribution in [3.63, 3.8) is 0 Å². The molecule has 1 aromatic carbocycles. The number of rotatable bonds is 5. The van der Waals surface area contributed by atoms with Crippen LogP contribution in [0.2, 0.25) is 0 Å². The molecule has 0 spiro atoms. The highest BCUT2D eigenvalue weighted by atomic mass is 16.1. The smallest absolute Gasteiger partial charge is 0.220 e. The van der Waals surface area contributed by atoms with Gasteiger partial charge in [0.25, 0.3) is 0 Å². The molecule has 1 aliphatic heterocycles. The van der Waals surface area contributed by atoms with E-state index >= 15 is 0 Å². The SMILES string of the molecule is CC(C)c1ccc(CCC(=O)NC2CCN(C)CC2)cc1. The van der Waals surface area contributed by atoms with Gasteiger partial charge in [-0.15, -0.1) is 0 Å². The molecular weight excluding hydrogens is 260 g/mol. The number of benzene rings is 1. The summed E-state index contributed by atoms with van der Waals surface area (Å²) in [6.07, 6.45) is 3.57. The van der Waals surface area contributed by atoms with Gasteiger partial charge in [-0.2, -0.15) is 0 Å². The second kappa shape index (κ2) is 7.60. The molecule has 0 aliphatic carbocycles. The van der Waals surface area contributed by atoms with Crippen molar-refractivity contribution in [2.45, 2.75) is 51.5 Å². The zero-order chi connectivity index (χ0) is 15.2. The van der Waals surface area contributed by atoms with E-state index in [0.29, 0.717) is 18.4 Å². The first-order valence-electron chi connectivity index (χ1n) is 8.11. The minimum Gasteiger partial charge on any atom is -0.353 e. The van der Waals surface area contributed by atoms with Crippen molar-refractivity contribution < 1.29 is 4.79 Å². The third kappa shape index (κ3) is 5.16. The van der Waals surface area contributed by atoms with Crippen LogP contribution in [0.25, 0.3) is 0 Å². The fourth-order valence-corrected chi connectivity index (χ4v) is 2.78. The van der Waals surface area contributed by atoms with Crippen molar-refractivity contribution in [2.24, 2.45) is 0 Å². The molecule has 3 nitrogen and oxygen atoms in total. The summed E-state index contributed by atoms with van der Waals surface area (Å²) in [6.45, 7) is 6.57. The van der Waals surface area contributed by atoms with Crippen LogP contribution in [0, 0.1) is 0 Å². The molecule has 1 aromatic rings. The zero-order valence-corrected chi connectivity index (χ0v) is 13.6. The lowest BCUT2D eigenvalue weighted by Crippen LogP contribution is -2.43. The van der Waals surface area contributed by atoms with Crippen LogP contribution >= 0.6 is 0 Å². The molecule has 0 atom stereocenters. The summed E-state index contributed by atoms with van der Waals surface area (Å²) >= 11 is 0. The van der Waals surface area contributed by atoms with Crippen LogP contribution in [-0.4, -0.2) is 37.0 Å². The van der Waals surface area contributed by atoms with Gasteiger partial charge < -0.3 is 10.2 Å². The van der Waals surface area contributed by atoms with E-state index in [1.165, 1.54) is 11.1 Å². The molecule has 0 saturated carbocycles. The Kier molecular flexibility index (Phi) is 5.80. The van der Waals surface area contributed by atoms with E-state index in [-0.39, 0.29) is 5.91 Å². The first kappa shape index (κ1) is 16.0. The molecule has 0 radical (unpaired) electrons. The van der Waals surface area contributed by atoms with Crippen LogP contribution in [0.5, 0.6) is 0 Å². The molecule has 1 saturated heterocycles. The van der Waals surface area contributed by atoms with Gasteiger partial charge in [-0.25, -0.2) is 0 Å². The van der Waals surface area contributed by atoms with Crippen LogP contribution in [0.3, 0.4) is 0 Å². The van der Waals surface area contributed by atoms with Crippen LogP contribution in [-0.2, 0) is 11.2 Å². The standard InChI is InChI=1S/C18H28N2O/c1-14(2)16-7-4-15(5-8-16)6-9-18(21)19-17-10-12-20(3)13-11-17/h4-5,7-8,14,17H,6,9-13H2,1-3H3,(H,19,21). The highest BCUT2D eigenvalue weighted by molar-refractivity contribution is 5.76. The first-order chi connectivity index (χ1) is 10.0. The Morgan fingerprint density at radius 1 is 1.24 bits per heavy atom. The molecule has 0 bridgehead atoms. The van der Waals surface area contributed by atoms with Gasteiger partial charge in [0.15, 0.2) is 0 Å². The summed E-state index contributed by atoms with van der Waals surface area (Å²) in [5, 5.41) is 3.17. The monoisotopic (exact) mass is 288 g/mol. The number of nitrogens with zero attached hydrogens (tertiary/aromatic N) is 1. The Labute approximate surface area is 128 Å². The number of hydrogen-bond acceptors (Lipinski definition) is 2. The van der Waals surface area contributed by atoms with Crippen molar-refractivity contribution in [3.05, 3.63) is 35.4 Å². The second-order valence-corrected chi connectivity index (χ2v) is 6.54. The summed E-state index contributed by atoms with van der Waals surface area (Å²) in [6, 6.07) is 9.03. The van der Waals surface area contributed by atoms with Crippen molar-refractivity contribution in [2.75, 3.05) is 20.1 Å². The minimum absolute atomic E-state index is 0.192. The summed E-state index contributed by atoms with van der Waals surface area (Å²) in [7, 11) is 2.14. The van der Waals surface area contributed by atoms with Crippen molar-refractivity contribution in [3.8, 4) is 0 Å². The minimum atomic E-state index is 0.192. The van der Waals surface area contributed by atoms with Gasteiger partial charge in [-0.1, -0.05) is 38.1 Å². The topological polar surface area (TPSA) is 32.3 Å². The van der Waals surface area contributed by atoms with Crippen LogP contribution < -0.4 is 5.32 Å². The lowest BCUT2D eigenvalue weighted by molar-refractivity contribution is -0.122. The lowest BCUT2D eigenvalue weighted by atomic mass is 10.00. The van der Waals surface area contributed by atoms with Gasteiger partial charge in [0, 0.05) is 12.5 Å². The molecule has 116 valence electrons. The van der Waals surface area contributed by atoms with Crippen molar-refractivity contribution >= 4 is 5.91 Å². The molecule has 21 heavy (non-hydrogen) atoms. The van der Waals surface area contributed by atoms with E-state index in [1.54, 1.807) is 0 Å². The van der Waals surface area contributed by atoms with Gasteiger partial charge in [0.2, 0.25) is 5.91 Å². The fourth-order valence-electron chi connectivity index (χ4n) is 2.78. The largest absolute Gasteiger partial charge is 0.353 e. The van der Waals surface area contributed by atoms with Crippen molar-refractivity contribution in [1.82, 2.24) is 10.2 Å². The summed E-state index contributed by atoms with van der Waals surface area (Å²) < 4.78 is 0. The maximum absolute atomic E-state index is 12.0. The predicted octanol–water partition coefficient (Wildman–Crippen LogP) is 2.95. The highest BCUT2D eigenvalue weighted by Crippen LogP contribution is 2.15. The molecular formula is C18H28N2O. The molecule has 0 aromatic heterocycles. The maximum atomic E-state index is 12.0. The lowest BCUT2D eigenvalue weighted by Gasteiger charge is -2.29. The van der Waals surface area contributed by atoms with Crippen LogP contribution in [0.4, 0.5) is 0 Å². The average Bonchev–Trinajstić information content (AvgIpc) is 2.48. The quantitative estimate of drug-likeness (QED) is 0.903. The molecule has 2 rings (SSSR count). The number of amides is 1. The number of carbonyl (C=O) groups excluding carboxylic acids is 1. The molecule has 3 heteroatoms. The van der Waals surface area contributed by atoms with E-state index in [1.807, 2.05) is 0 Å². The van der Waals surface area contributed by atoms with Gasteiger partial charge in [0.05, 0.1) is 0 Å². The fraction of sp³-hybridized carbons (Fsp3) is 0.611. The Morgan fingerprint density at radius 2 is 1.86 bits per heavy atom. The normalized spacial score (nSPS) is 17.1. The van der Waals surface area contributed by atoms with E-state index in [4.69, 9.17) is 0 Å². The van der Waals surface area contributed by atoms with E-state index in [9.17, 15) is 4.79 Å². The Bertz CT molecular complexity index is 445. The second-order valence-electron chi connectivity index (χ2n) is 6.54. The molecule has 0 unspecified atom stereocenters. The van der Waals surface area contributed by atoms with Crippen molar-refractivity contribution in [1.29, 1.82) is 0 Å². The van der Waals surface area contributed by atoms with Crippen LogP contribution in [0.15, 0.2) is 24.3 Å². The third-order valence-electron chi connectivity index (χ3n) is 4.37. The number of carbonyl (C=O) groups is 1. The summed E-state index contributed by atoms with van der Waals surface area (Å²) in [4.78, 5) is 14.3. The summed E-state index contributed by atoms with van der Waals surface area (Å²) in [5.74, 6) is 0.754. The maximum Gasteiger partial charge on any atom is 0.220 e. The predicted molar refractivity (Wildman–Crippen MR) is 87.5 cm³/mol. The number of aryl methyl sites for hydroxylation is 1. The van der Waals surface area contributed by atoms with Gasteiger partial charge in [-0.3, -0.25) is 4.79 Å². The van der Waals surface area contributed by atoms with Gasteiger partial charge in [-0.05, 0) is 56.4 Å². The Hall–Kier alpha value is -1.35. The number of piperidine rings is 1. The molecule has 1 fully saturated rings. The highest BCUT2D eigenvalue weighted by Gasteiger charge is 2.18. The molecule has 1 amide bonds. The van der Waals surface area contributed by atoms with Gasteiger partial charge in [0.1, 0.15) is 0 Å². The zero-order valence-electron chi connectivity index (χ0n) is 13.6. The number of hydrogen-bond donors (Lipinski definition) is 1. The van der Waals surface area contributed by atoms with Crippen LogP contribution in [0.1, 0.15) is 50.2 Å². The Balaban J connectivity index is 1.73. The Morgan fingerprint density at radius 3 is 2.43 bits per heavy atom. The molecule has 1 aliphatic rings. The average molecular weight is 288 g/mol. The molecule has 1 heterocycles. The van der Waals surface area contributed by atoms with E-state index < -0.39 is 0 Å². The first-order valence-corrected chi connectivity index (χ1v) is 8.11. The van der Waals surface area contributed by atoms with Gasteiger partial charge >= 0.3 is 0 Å².